The Labute approximate surface area is 84.4 Å². The van der Waals surface area contributed by atoms with Gasteiger partial charge in [-0.05, 0) is 18.2 Å². The van der Waals surface area contributed by atoms with Crippen LogP contribution >= 0.6 is 11.6 Å². The third-order valence-corrected chi connectivity index (χ3v) is 1.84. The maximum Gasteiger partial charge on any atom is 0.379 e. The van der Waals surface area contributed by atoms with E-state index >= 15 is 0 Å². The molecule has 0 aliphatic carbocycles. The number of ether oxygens (including phenoxy) is 1. The van der Waals surface area contributed by atoms with Gasteiger partial charge < -0.3 is 4.74 Å². The molecule has 0 saturated heterocycles. The molecule has 14 heavy (non-hydrogen) atoms. The lowest BCUT2D eigenvalue weighted by atomic mass is 10.1. The average Bonchev–Trinajstić information content (AvgIpc) is 2.20. The highest BCUT2D eigenvalue weighted by Gasteiger charge is 2.17. The average molecular weight is 217 g/mol. The predicted molar refractivity (Wildman–Crippen MR) is 47.8 cm³/mol. The molecule has 0 amide bonds. The van der Waals surface area contributed by atoms with Crippen LogP contribution in [0.2, 0.25) is 5.02 Å². The summed E-state index contributed by atoms with van der Waals surface area (Å²) in [6, 6.07) is 3.26. The van der Waals surface area contributed by atoms with Crippen molar-refractivity contribution in [2.24, 2.45) is 0 Å². The first-order valence-electron chi connectivity index (χ1n) is 3.64. The van der Waals surface area contributed by atoms with Crippen LogP contribution in [0.3, 0.4) is 0 Å². The number of hydrogen-bond acceptors (Lipinski definition) is 3. The van der Waals surface area contributed by atoms with Crippen LogP contribution in [0, 0.1) is 5.82 Å². The zero-order valence-electron chi connectivity index (χ0n) is 7.21. The number of carbonyl (C=O) groups is 2. The van der Waals surface area contributed by atoms with Crippen LogP contribution in [0.5, 0.6) is 0 Å². The van der Waals surface area contributed by atoms with E-state index in [1.54, 1.807) is 0 Å². The third-order valence-electron chi connectivity index (χ3n) is 1.55. The molecule has 5 heteroatoms. The van der Waals surface area contributed by atoms with Crippen LogP contribution < -0.4 is 0 Å². The normalized spacial score (nSPS) is 9.64. The highest BCUT2D eigenvalue weighted by atomic mass is 35.5. The highest BCUT2D eigenvalue weighted by molar-refractivity contribution is 6.41. The summed E-state index contributed by atoms with van der Waals surface area (Å²) in [7, 11) is 1.09. The van der Waals surface area contributed by atoms with Crippen molar-refractivity contribution in [3.63, 3.8) is 0 Å². The van der Waals surface area contributed by atoms with E-state index in [0.717, 1.165) is 19.2 Å². The summed E-state index contributed by atoms with van der Waals surface area (Å²) in [5, 5.41) is -0.209. The van der Waals surface area contributed by atoms with Crippen molar-refractivity contribution in [2.45, 2.75) is 0 Å². The van der Waals surface area contributed by atoms with Crippen LogP contribution in [-0.4, -0.2) is 18.9 Å². The van der Waals surface area contributed by atoms with Crippen LogP contribution in [0.25, 0.3) is 0 Å². The third kappa shape index (κ3) is 2.09. The van der Waals surface area contributed by atoms with Crippen molar-refractivity contribution in [3.05, 3.63) is 34.6 Å². The lowest BCUT2D eigenvalue weighted by Gasteiger charge is -1.99. The molecule has 0 unspecified atom stereocenters. The van der Waals surface area contributed by atoms with Gasteiger partial charge in [-0.25, -0.2) is 9.18 Å². The number of carbonyl (C=O) groups excluding carboxylic acids is 2. The first-order valence-corrected chi connectivity index (χ1v) is 4.01. The van der Waals surface area contributed by atoms with Crippen molar-refractivity contribution < 1.29 is 18.7 Å². The van der Waals surface area contributed by atoms with Crippen LogP contribution in [0.4, 0.5) is 4.39 Å². The zero-order valence-corrected chi connectivity index (χ0v) is 7.97. The topological polar surface area (TPSA) is 43.4 Å². The first kappa shape index (κ1) is 10.7. The summed E-state index contributed by atoms with van der Waals surface area (Å²) >= 11 is 5.43. The quantitative estimate of drug-likeness (QED) is 0.430. The summed E-state index contributed by atoms with van der Waals surface area (Å²) in [5.74, 6) is -2.50. The van der Waals surface area contributed by atoms with Crippen molar-refractivity contribution >= 4 is 23.4 Å². The number of Topliss-reactive ketones (excluding diaryl/α,β-unsaturated/α-hetero) is 1. The van der Waals surface area contributed by atoms with Gasteiger partial charge in [0.2, 0.25) is 0 Å². The van der Waals surface area contributed by atoms with Gasteiger partial charge in [0.25, 0.3) is 5.78 Å². The van der Waals surface area contributed by atoms with Gasteiger partial charge in [0.05, 0.1) is 12.1 Å². The molecule has 0 aliphatic rings. The molecule has 0 atom stereocenters. The van der Waals surface area contributed by atoms with Gasteiger partial charge in [0, 0.05) is 5.56 Å². The van der Waals surface area contributed by atoms with Gasteiger partial charge >= 0.3 is 5.97 Å². The molecule has 0 aliphatic heterocycles. The molecule has 1 rings (SSSR count). The fourth-order valence-electron chi connectivity index (χ4n) is 0.848. The van der Waals surface area contributed by atoms with Gasteiger partial charge in [-0.1, -0.05) is 11.6 Å². The first-order chi connectivity index (χ1) is 6.56. The molecule has 0 saturated carbocycles. The second-order valence-electron chi connectivity index (χ2n) is 2.45. The van der Waals surface area contributed by atoms with Gasteiger partial charge in [0.1, 0.15) is 5.82 Å². The number of halogens is 2. The standard InChI is InChI=1S/C9H6ClFO3/c1-14-9(13)8(12)5-2-3-7(11)6(10)4-5/h2-4H,1H3. The van der Waals surface area contributed by atoms with Crippen LogP contribution in [0.1, 0.15) is 10.4 Å². The van der Waals surface area contributed by atoms with E-state index in [-0.39, 0.29) is 10.6 Å². The fraction of sp³-hybridized carbons (Fsp3) is 0.111. The lowest BCUT2D eigenvalue weighted by Crippen LogP contribution is -2.15. The lowest BCUT2D eigenvalue weighted by molar-refractivity contribution is -0.135. The van der Waals surface area contributed by atoms with E-state index in [2.05, 4.69) is 4.74 Å². The van der Waals surface area contributed by atoms with Gasteiger partial charge in [0.15, 0.2) is 0 Å². The molecule has 3 nitrogen and oxygen atoms in total. The molecule has 0 bridgehead atoms. The molecule has 0 aromatic heterocycles. The van der Waals surface area contributed by atoms with Crippen LogP contribution in [0.15, 0.2) is 18.2 Å². The Balaban J connectivity index is 3.03. The molecule has 0 heterocycles. The number of benzene rings is 1. The molecule has 1 aromatic rings. The summed E-state index contributed by atoms with van der Waals surface area (Å²) < 4.78 is 16.9. The second-order valence-corrected chi connectivity index (χ2v) is 2.86. The molecule has 74 valence electrons. The van der Waals surface area contributed by atoms with Crippen LogP contribution in [-0.2, 0) is 9.53 Å². The number of hydrogen-bond donors (Lipinski definition) is 0. The molecular weight excluding hydrogens is 211 g/mol. The monoisotopic (exact) mass is 216 g/mol. The summed E-state index contributed by atoms with van der Waals surface area (Å²) in [4.78, 5) is 22.0. The number of ketones is 1. The predicted octanol–water partition coefficient (Wildman–Crippen LogP) is 1.83. The minimum absolute atomic E-state index is 0.00301. The van der Waals surface area contributed by atoms with E-state index in [1.807, 2.05) is 0 Å². The SMILES string of the molecule is COC(=O)C(=O)c1ccc(F)c(Cl)c1. The Bertz CT molecular complexity index is 390. The Hall–Kier alpha value is -1.42. The zero-order chi connectivity index (χ0) is 10.7. The van der Waals surface area contributed by atoms with Gasteiger partial charge in [-0.2, -0.15) is 0 Å². The minimum Gasteiger partial charge on any atom is -0.463 e. The number of rotatable bonds is 2. The summed E-state index contributed by atoms with van der Waals surface area (Å²) in [5.41, 5.74) is 0.00301. The largest absolute Gasteiger partial charge is 0.463 e. The highest BCUT2D eigenvalue weighted by Crippen LogP contribution is 2.16. The van der Waals surface area contributed by atoms with Gasteiger partial charge in [-0.15, -0.1) is 0 Å². The molecule has 0 spiro atoms. The maximum atomic E-state index is 12.7. The van der Waals surface area contributed by atoms with E-state index < -0.39 is 17.6 Å². The van der Waals surface area contributed by atoms with Crippen molar-refractivity contribution in [1.29, 1.82) is 0 Å². The summed E-state index contributed by atoms with van der Waals surface area (Å²) in [6.45, 7) is 0. The fourth-order valence-corrected chi connectivity index (χ4v) is 1.03. The maximum absolute atomic E-state index is 12.7. The van der Waals surface area contributed by atoms with Crippen molar-refractivity contribution in [2.75, 3.05) is 7.11 Å². The number of esters is 1. The molecule has 0 radical (unpaired) electrons. The Morgan fingerprint density at radius 3 is 2.57 bits per heavy atom. The van der Waals surface area contributed by atoms with Crippen molar-refractivity contribution in [1.82, 2.24) is 0 Å². The Morgan fingerprint density at radius 1 is 1.43 bits per heavy atom. The molecule has 0 N–H and O–H groups in total. The van der Waals surface area contributed by atoms with Gasteiger partial charge in [-0.3, -0.25) is 4.79 Å². The molecule has 1 aromatic carbocycles. The number of methoxy groups -OCH3 is 1. The molecular formula is C9H6ClFO3. The van der Waals surface area contributed by atoms with E-state index in [1.165, 1.54) is 6.07 Å². The van der Waals surface area contributed by atoms with Crippen molar-refractivity contribution in [3.8, 4) is 0 Å². The smallest absolute Gasteiger partial charge is 0.379 e. The second kappa shape index (κ2) is 4.19. The summed E-state index contributed by atoms with van der Waals surface area (Å²) in [6.07, 6.45) is 0. The Morgan fingerprint density at radius 2 is 2.07 bits per heavy atom. The van der Waals surface area contributed by atoms with E-state index in [0.29, 0.717) is 0 Å². The van der Waals surface area contributed by atoms with E-state index in [4.69, 9.17) is 11.6 Å². The minimum atomic E-state index is -1.01. The molecule has 0 fully saturated rings. The van der Waals surface area contributed by atoms with E-state index in [9.17, 15) is 14.0 Å². The Kier molecular flexibility index (Phi) is 3.19.